The molecule has 19 heavy (non-hydrogen) atoms. The molecule has 8 heteroatoms. The molecule has 0 saturated carbocycles. The van der Waals surface area contributed by atoms with E-state index in [1.807, 2.05) is 4.98 Å². The fourth-order valence-corrected chi connectivity index (χ4v) is 1.62. The van der Waals surface area contributed by atoms with Crippen LogP contribution in [0.2, 0.25) is 0 Å². The molecule has 0 fully saturated rings. The van der Waals surface area contributed by atoms with Crippen molar-refractivity contribution in [1.82, 2.24) is 9.55 Å². The third-order valence-corrected chi connectivity index (χ3v) is 2.53. The molecule has 0 amide bonds. The zero-order valence-corrected chi connectivity index (χ0v) is 9.50. The SMILES string of the molecule is O=c1[nH]cc(F)c(=O)n1Cc1ccccc1[N+](=O)[O-]. The molecule has 0 saturated heterocycles. The number of H-pyrrole nitrogens is 1. The summed E-state index contributed by atoms with van der Waals surface area (Å²) < 4.78 is 13.7. The van der Waals surface area contributed by atoms with Crippen molar-refractivity contribution < 1.29 is 9.31 Å². The number of nitrogens with one attached hydrogen (secondary N) is 1. The van der Waals surface area contributed by atoms with Gasteiger partial charge in [0, 0.05) is 17.8 Å². The molecular formula is C11H8FN3O4. The molecule has 1 aromatic carbocycles. The van der Waals surface area contributed by atoms with Crippen LogP contribution >= 0.6 is 0 Å². The lowest BCUT2D eigenvalue weighted by molar-refractivity contribution is -0.385. The molecule has 0 atom stereocenters. The van der Waals surface area contributed by atoms with E-state index in [1.165, 1.54) is 24.3 Å². The number of nitrogens with zero attached hydrogens (tertiary/aromatic N) is 2. The number of nitro benzene ring substituents is 1. The number of hydrogen-bond acceptors (Lipinski definition) is 4. The average molecular weight is 265 g/mol. The van der Waals surface area contributed by atoms with Gasteiger partial charge in [0.05, 0.1) is 11.5 Å². The maximum absolute atomic E-state index is 13.1. The Morgan fingerprint density at radius 2 is 2.00 bits per heavy atom. The average Bonchev–Trinajstić information content (AvgIpc) is 2.39. The summed E-state index contributed by atoms with van der Waals surface area (Å²) >= 11 is 0. The summed E-state index contributed by atoms with van der Waals surface area (Å²) in [4.78, 5) is 35.1. The number of aromatic amines is 1. The van der Waals surface area contributed by atoms with Crippen LogP contribution in [0.15, 0.2) is 40.1 Å². The first-order valence-electron chi connectivity index (χ1n) is 5.21. The smallest absolute Gasteiger partial charge is 0.311 e. The van der Waals surface area contributed by atoms with E-state index in [4.69, 9.17) is 0 Å². The summed E-state index contributed by atoms with van der Waals surface area (Å²) in [6.07, 6.45) is 0.653. The Labute approximate surface area is 105 Å². The van der Waals surface area contributed by atoms with E-state index in [1.54, 1.807) is 0 Å². The van der Waals surface area contributed by atoms with Crippen molar-refractivity contribution in [2.45, 2.75) is 6.54 Å². The van der Waals surface area contributed by atoms with Crippen LogP contribution in [0, 0.1) is 15.9 Å². The van der Waals surface area contributed by atoms with Gasteiger partial charge in [-0.2, -0.15) is 4.39 Å². The van der Waals surface area contributed by atoms with Gasteiger partial charge in [0.25, 0.3) is 11.2 Å². The van der Waals surface area contributed by atoms with Gasteiger partial charge in [-0.25, -0.2) is 4.79 Å². The van der Waals surface area contributed by atoms with Crippen LogP contribution in [0.3, 0.4) is 0 Å². The van der Waals surface area contributed by atoms with Gasteiger partial charge in [0.15, 0.2) is 0 Å². The number of para-hydroxylation sites is 1. The van der Waals surface area contributed by atoms with Crippen LogP contribution in [-0.4, -0.2) is 14.5 Å². The van der Waals surface area contributed by atoms with Crippen molar-refractivity contribution in [1.29, 1.82) is 0 Å². The van der Waals surface area contributed by atoms with Gasteiger partial charge >= 0.3 is 5.69 Å². The maximum Gasteiger partial charge on any atom is 0.328 e. The molecule has 7 nitrogen and oxygen atoms in total. The fraction of sp³-hybridized carbons (Fsp3) is 0.0909. The van der Waals surface area contributed by atoms with E-state index in [2.05, 4.69) is 0 Å². The summed E-state index contributed by atoms with van der Waals surface area (Å²) in [5, 5.41) is 10.8. The zero-order chi connectivity index (χ0) is 14.0. The second kappa shape index (κ2) is 4.84. The second-order valence-corrected chi connectivity index (χ2v) is 3.72. The molecule has 0 unspecified atom stereocenters. The molecule has 2 rings (SSSR count). The van der Waals surface area contributed by atoms with Gasteiger partial charge in [-0.1, -0.05) is 18.2 Å². The maximum atomic E-state index is 13.1. The number of hydrogen-bond donors (Lipinski definition) is 1. The van der Waals surface area contributed by atoms with Gasteiger partial charge in [0.1, 0.15) is 0 Å². The molecule has 1 aromatic heterocycles. The van der Waals surface area contributed by atoms with E-state index >= 15 is 0 Å². The topological polar surface area (TPSA) is 98.0 Å². The van der Waals surface area contributed by atoms with Gasteiger partial charge in [-0.05, 0) is 0 Å². The Balaban J connectivity index is 2.54. The normalized spacial score (nSPS) is 10.4. The lowest BCUT2D eigenvalue weighted by Gasteiger charge is -2.05. The highest BCUT2D eigenvalue weighted by atomic mass is 19.1. The van der Waals surface area contributed by atoms with E-state index in [9.17, 15) is 24.1 Å². The first-order chi connectivity index (χ1) is 9.00. The third kappa shape index (κ3) is 2.41. The Hall–Kier alpha value is -2.77. The second-order valence-electron chi connectivity index (χ2n) is 3.72. The van der Waals surface area contributed by atoms with Gasteiger partial charge in [0.2, 0.25) is 5.82 Å². The van der Waals surface area contributed by atoms with Gasteiger partial charge < -0.3 is 4.98 Å². The van der Waals surface area contributed by atoms with Crippen molar-refractivity contribution in [2.75, 3.05) is 0 Å². The van der Waals surface area contributed by atoms with E-state index in [0.717, 1.165) is 0 Å². The number of benzene rings is 1. The number of halogens is 1. The van der Waals surface area contributed by atoms with E-state index in [-0.39, 0.29) is 17.8 Å². The van der Waals surface area contributed by atoms with Crippen LogP contribution in [-0.2, 0) is 6.54 Å². The standard InChI is InChI=1S/C11H8FN3O4/c12-8-5-13-11(17)14(10(8)16)6-7-3-1-2-4-9(7)15(18)19/h1-5H,6H2,(H,13,17). The lowest BCUT2D eigenvalue weighted by Crippen LogP contribution is -2.36. The van der Waals surface area contributed by atoms with Crippen LogP contribution in [0.25, 0.3) is 0 Å². The molecule has 2 aromatic rings. The van der Waals surface area contributed by atoms with Crippen molar-refractivity contribution in [3.63, 3.8) is 0 Å². The highest BCUT2D eigenvalue weighted by molar-refractivity contribution is 5.39. The molecule has 0 aliphatic heterocycles. The minimum absolute atomic E-state index is 0.144. The van der Waals surface area contributed by atoms with Crippen molar-refractivity contribution in [3.05, 3.63) is 72.8 Å². The predicted molar refractivity (Wildman–Crippen MR) is 63.5 cm³/mol. The quantitative estimate of drug-likeness (QED) is 0.650. The molecule has 1 N–H and O–H groups in total. The Morgan fingerprint density at radius 1 is 1.32 bits per heavy atom. The molecule has 1 heterocycles. The van der Waals surface area contributed by atoms with Crippen LogP contribution in [0.5, 0.6) is 0 Å². The highest BCUT2D eigenvalue weighted by Crippen LogP contribution is 2.17. The van der Waals surface area contributed by atoms with Gasteiger partial charge in [-0.15, -0.1) is 0 Å². The number of rotatable bonds is 3. The molecule has 0 spiro atoms. The summed E-state index contributed by atoms with van der Waals surface area (Å²) in [6.45, 7) is -0.372. The van der Waals surface area contributed by atoms with Crippen LogP contribution < -0.4 is 11.2 Å². The van der Waals surface area contributed by atoms with Crippen molar-refractivity contribution in [2.24, 2.45) is 0 Å². The molecule has 0 aliphatic carbocycles. The Kier molecular flexibility index (Phi) is 3.23. The molecule has 0 aliphatic rings. The zero-order valence-electron chi connectivity index (χ0n) is 9.50. The van der Waals surface area contributed by atoms with Gasteiger partial charge in [-0.3, -0.25) is 19.5 Å². The monoisotopic (exact) mass is 265 g/mol. The summed E-state index contributed by atoms with van der Waals surface area (Å²) in [5.41, 5.74) is -2.05. The summed E-state index contributed by atoms with van der Waals surface area (Å²) in [6, 6.07) is 5.63. The van der Waals surface area contributed by atoms with E-state index in [0.29, 0.717) is 10.8 Å². The number of aromatic nitrogens is 2. The van der Waals surface area contributed by atoms with Crippen molar-refractivity contribution in [3.8, 4) is 0 Å². The Bertz CT molecular complexity index is 750. The first kappa shape index (κ1) is 12.7. The van der Waals surface area contributed by atoms with Crippen LogP contribution in [0.4, 0.5) is 10.1 Å². The number of nitro groups is 1. The summed E-state index contributed by atoms with van der Waals surface area (Å²) in [7, 11) is 0. The lowest BCUT2D eigenvalue weighted by atomic mass is 10.2. The summed E-state index contributed by atoms with van der Waals surface area (Å²) in [5.74, 6) is -1.13. The first-order valence-corrected chi connectivity index (χ1v) is 5.21. The van der Waals surface area contributed by atoms with Crippen LogP contribution in [0.1, 0.15) is 5.56 Å². The predicted octanol–water partition coefficient (Wildman–Crippen LogP) is 0.632. The Morgan fingerprint density at radius 3 is 2.68 bits per heavy atom. The third-order valence-electron chi connectivity index (χ3n) is 2.53. The molecule has 98 valence electrons. The van der Waals surface area contributed by atoms with Crippen molar-refractivity contribution >= 4 is 5.69 Å². The molecule has 0 bridgehead atoms. The minimum atomic E-state index is -1.13. The minimum Gasteiger partial charge on any atom is -0.311 e. The molecular weight excluding hydrogens is 257 g/mol. The largest absolute Gasteiger partial charge is 0.328 e. The molecule has 0 radical (unpaired) electrons. The highest BCUT2D eigenvalue weighted by Gasteiger charge is 2.15. The fourth-order valence-electron chi connectivity index (χ4n) is 1.62. The van der Waals surface area contributed by atoms with E-state index < -0.39 is 22.0 Å².